The van der Waals surface area contributed by atoms with Crippen LogP contribution in [0.1, 0.15) is 31.4 Å². The molecule has 0 saturated carbocycles. The van der Waals surface area contributed by atoms with Crippen LogP contribution in [0.3, 0.4) is 0 Å². The molecule has 0 saturated heterocycles. The van der Waals surface area contributed by atoms with Crippen molar-refractivity contribution in [3.05, 3.63) is 59.7 Å². The molecule has 0 spiro atoms. The van der Waals surface area contributed by atoms with Gasteiger partial charge in [0.05, 0.1) is 13.7 Å². The summed E-state index contributed by atoms with van der Waals surface area (Å²) >= 11 is 0. The van der Waals surface area contributed by atoms with Crippen LogP contribution in [0.5, 0.6) is 11.5 Å². The van der Waals surface area contributed by atoms with Crippen molar-refractivity contribution >= 4 is 0 Å². The first-order chi connectivity index (χ1) is 11.2. The summed E-state index contributed by atoms with van der Waals surface area (Å²) in [5.41, 5.74) is 2.47. The summed E-state index contributed by atoms with van der Waals surface area (Å²) in [6.07, 6.45) is 1.05. The summed E-state index contributed by atoms with van der Waals surface area (Å²) in [5.74, 6) is 2.26. The van der Waals surface area contributed by atoms with Crippen LogP contribution in [-0.2, 0) is 13.1 Å². The van der Waals surface area contributed by atoms with Gasteiger partial charge >= 0.3 is 0 Å². The summed E-state index contributed by atoms with van der Waals surface area (Å²) in [4.78, 5) is 0. The van der Waals surface area contributed by atoms with E-state index in [0.717, 1.165) is 37.6 Å². The average molecular weight is 313 g/mol. The largest absolute Gasteiger partial charge is 0.493 e. The normalized spacial score (nSPS) is 10.8. The molecule has 23 heavy (non-hydrogen) atoms. The fraction of sp³-hybridized carbons (Fsp3) is 0.400. The molecule has 0 aromatic heterocycles. The average Bonchev–Trinajstić information content (AvgIpc) is 2.56. The Bertz CT molecular complexity index is 581. The highest BCUT2D eigenvalue weighted by atomic mass is 16.5. The van der Waals surface area contributed by atoms with Crippen LogP contribution in [0.4, 0.5) is 0 Å². The zero-order valence-corrected chi connectivity index (χ0v) is 14.3. The van der Waals surface area contributed by atoms with Crippen molar-refractivity contribution < 1.29 is 9.47 Å². The van der Waals surface area contributed by atoms with Crippen molar-refractivity contribution in [2.75, 3.05) is 13.7 Å². The first-order valence-corrected chi connectivity index (χ1v) is 8.23. The summed E-state index contributed by atoms with van der Waals surface area (Å²) in [7, 11) is 1.69. The van der Waals surface area contributed by atoms with Gasteiger partial charge in [0, 0.05) is 13.1 Å². The van der Waals surface area contributed by atoms with Crippen LogP contribution in [0, 0.1) is 5.92 Å². The number of rotatable bonds is 9. The SMILES string of the molecule is COc1cc(CNCc2ccccc2)ccc1OCCC(C)C. The van der Waals surface area contributed by atoms with E-state index in [1.165, 1.54) is 11.1 Å². The fourth-order valence-corrected chi connectivity index (χ4v) is 2.29. The van der Waals surface area contributed by atoms with Crippen molar-refractivity contribution in [3.63, 3.8) is 0 Å². The third-order valence-electron chi connectivity index (χ3n) is 3.68. The number of benzene rings is 2. The van der Waals surface area contributed by atoms with Crippen molar-refractivity contribution in [1.82, 2.24) is 5.32 Å². The van der Waals surface area contributed by atoms with Crippen molar-refractivity contribution in [2.45, 2.75) is 33.4 Å². The zero-order valence-electron chi connectivity index (χ0n) is 14.3. The maximum atomic E-state index is 5.82. The molecule has 0 amide bonds. The lowest BCUT2D eigenvalue weighted by atomic mass is 10.1. The van der Waals surface area contributed by atoms with Gasteiger partial charge in [-0.3, -0.25) is 0 Å². The topological polar surface area (TPSA) is 30.5 Å². The highest BCUT2D eigenvalue weighted by Crippen LogP contribution is 2.28. The first kappa shape index (κ1) is 17.4. The lowest BCUT2D eigenvalue weighted by Crippen LogP contribution is -2.12. The van der Waals surface area contributed by atoms with Gasteiger partial charge in [-0.15, -0.1) is 0 Å². The van der Waals surface area contributed by atoms with Crippen molar-refractivity contribution in [3.8, 4) is 11.5 Å². The van der Waals surface area contributed by atoms with Gasteiger partial charge in [0.1, 0.15) is 0 Å². The van der Waals surface area contributed by atoms with Crippen LogP contribution >= 0.6 is 0 Å². The molecule has 3 heteroatoms. The molecule has 0 radical (unpaired) electrons. The molecule has 0 unspecified atom stereocenters. The molecular formula is C20H27NO2. The molecular weight excluding hydrogens is 286 g/mol. The molecule has 0 aliphatic carbocycles. The van der Waals surface area contributed by atoms with Crippen LogP contribution in [0.2, 0.25) is 0 Å². The molecule has 0 heterocycles. The third-order valence-corrected chi connectivity index (χ3v) is 3.68. The van der Waals surface area contributed by atoms with Crippen LogP contribution in [0.25, 0.3) is 0 Å². The van der Waals surface area contributed by atoms with Crippen LogP contribution < -0.4 is 14.8 Å². The molecule has 2 rings (SSSR count). The highest BCUT2D eigenvalue weighted by Gasteiger charge is 2.06. The summed E-state index contributed by atoms with van der Waals surface area (Å²) in [5, 5.41) is 3.45. The Hall–Kier alpha value is -2.00. The van der Waals surface area contributed by atoms with Gasteiger partial charge in [-0.2, -0.15) is 0 Å². The fourth-order valence-electron chi connectivity index (χ4n) is 2.29. The molecule has 1 N–H and O–H groups in total. The number of hydrogen-bond donors (Lipinski definition) is 1. The summed E-state index contributed by atoms with van der Waals surface area (Å²) < 4.78 is 11.3. The maximum Gasteiger partial charge on any atom is 0.161 e. The number of hydrogen-bond acceptors (Lipinski definition) is 3. The number of nitrogens with one attached hydrogen (secondary N) is 1. The lowest BCUT2D eigenvalue weighted by molar-refractivity contribution is 0.273. The molecule has 0 aliphatic heterocycles. The second kappa shape index (κ2) is 9.21. The van der Waals surface area contributed by atoms with Crippen molar-refractivity contribution in [2.24, 2.45) is 5.92 Å². The van der Waals surface area contributed by atoms with E-state index < -0.39 is 0 Å². The Kier molecular flexibility index (Phi) is 6.95. The molecule has 0 fully saturated rings. The van der Waals surface area contributed by atoms with Crippen LogP contribution in [-0.4, -0.2) is 13.7 Å². The minimum Gasteiger partial charge on any atom is -0.493 e. The maximum absolute atomic E-state index is 5.82. The van der Waals surface area contributed by atoms with Gasteiger partial charge in [0.25, 0.3) is 0 Å². The lowest BCUT2D eigenvalue weighted by Gasteiger charge is -2.13. The Morgan fingerprint density at radius 2 is 1.65 bits per heavy atom. The van der Waals surface area contributed by atoms with E-state index >= 15 is 0 Å². The summed E-state index contributed by atoms with van der Waals surface area (Å²) in [6.45, 7) is 6.77. The Labute approximate surface area is 139 Å². The highest BCUT2D eigenvalue weighted by molar-refractivity contribution is 5.43. The van der Waals surface area contributed by atoms with Gasteiger partial charge in [0.15, 0.2) is 11.5 Å². The van der Waals surface area contributed by atoms with E-state index in [1.54, 1.807) is 7.11 Å². The number of ether oxygens (including phenoxy) is 2. The second-order valence-electron chi connectivity index (χ2n) is 6.11. The molecule has 2 aromatic rings. The van der Waals surface area contributed by atoms with E-state index in [9.17, 15) is 0 Å². The monoisotopic (exact) mass is 313 g/mol. The van der Waals surface area contributed by atoms with Gasteiger partial charge < -0.3 is 14.8 Å². The van der Waals surface area contributed by atoms with Gasteiger partial charge in [0.2, 0.25) is 0 Å². The molecule has 0 bridgehead atoms. The van der Waals surface area contributed by atoms with E-state index in [-0.39, 0.29) is 0 Å². The first-order valence-electron chi connectivity index (χ1n) is 8.23. The van der Waals surface area contributed by atoms with E-state index in [1.807, 2.05) is 18.2 Å². The van der Waals surface area contributed by atoms with E-state index in [2.05, 4.69) is 49.5 Å². The molecule has 2 aromatic carbocycles. The molecule has 3 nitrogen and oxygen atoms in total. The minimum absolute atomic E-state index is 0.641. The second-order valence-corrected chi connectivity index (χ2v) is 6.11. The molecule has 0 aliphatic rings. The van der Waals surface area contributed by atoms with E-state index in [4.69, 9.17) is 9.47 Å². The van der Waals surface area contributed by atoms with Crippen LogP contribution in [0.15, 0.2) is 48.5 Å². The minimum atomic E-state index is 0.641. The third kappa shape index (κ3) is 5.95. The van der Waals surface area contributed by atoms with E-state index in [0.29, 0.717) is 5.92 Å². The zero-order chi connectivity index (χ0) is 16.5. The molecule has 124 valence electrons. The van der Waals surface area contributed by atoms with Crippen molar-refractivity contribution in [1.29, 1.82) is 0 Å². The quantitative estimate of drug-likeness (QED) is 0.744. The van der Waals surface area contributed by atoms with Gasteiger partial charge in [-0.05, 0) is 35.6 Å². The smallest absolute Gasteiger partial charge is 0.161 e. The Morgan fingerprint density at radius 3 is 2.35 bits per heavy atom. The molecule has 0 atom stereocenters. The predicted molar refractivity (Wildman–Crippen MR) is 94.9 cm³/mol. The standard InChI is InChI=1S/C20H27NO2/c1-16(2)11-12-23-19-10-9-18(13-20(19)22-3)15-21-14-17-7-5-4-6-8-17/h4-10,13,16,21H,11-12,14-15H2,1-3H3. The van der Waals surface area contributed by atoms with Gasteiger partial charge in [-0.25, -0.2) is 0 Å². The Balaban J connectivity index is 1.87. The number of methoxy groups -OCH3 is 1. The predicted octanol–water partition coefficient (Wildman–Crippen LogP) is 4.41. The van der Waals surface area contributed by atoms with Gasteiger partial charge in [-0.1, -0.05) is 50.2 Å². The Morgan fingerprint density at radius 1 is 0.913 bits per heavy atom. The summed E-state index contributed by atoms with van der Waals surface area (Å²) in [6, 6.07) is 16.5.